The van der Waals surface area contributed by atoms with Crippen LogP contribution in [0, 0.1) is 0 Å². The Kier molecular flexibility index (Phi) is 5.84. The average molecular weight is 384 g/mol. The van der Waals surface area contributed by atoms with E-state index in [1.807, 2.05) is 30.3 Å². The summed E-state index contributed by atoms with van der Waals surface area (Å²) in [6.45, 7) is 4.46. The van der Waals surface area contributed by atoms with Gasteiger partial charge in [-0.25, -0.2) is 9.78 Å². The lowest BCUT2D eigenvalue weighted by molar-refractivity contribution is 0.0679. The fourth-order valence-corrected chi connectivity index (χ4v) is 3.42. The number of aryl methyl sites for hydroxylation is 1. The molecule has 1 aromatic carbocycles. The molecule has 0 amide bonds. The average Bonchev–Trinajstić information content (AvgIpc) is 3.06. The summed E-state index contributed by atoms with van der Waals surface area (Å²) >= 11 is 0. The Bertz CT molecular complexity index is 1060. The minimum atomic E-state index is -0.685. The maximum absolute atomic E-state index is 13.0. The standard InChI is InChI=1S/C21H28N4O3/c1-21(2,28)12-8-5-9-13-25-19(26)17-18(23(3)20(25)27)22-15-24(17)14-16-10-6-4-7-11-16/h4,6-7,10-11,15,28H,5,8-9,12-14H2,1-3H3. The van der Waals surface area contributed by atoms with Crippen molar-refractivity contribution in [2.24, 2.45) is 7.05 Å². The molecule has 7 heteroatoms. The molecule has 0 saturated carbocycles. The Morgan fingerprint density at radius 1 is 1.07 bits per heavy atom. The van der Waals surface area contributed by atoms with Crippen LogP contribution in [0.3, 0.4) is 0 Å². The summed E-state index contributed by atoms with van der Waals surface area (Å²) in [7, 11) is 1.65. The van der Waals surface area contributed by atoms with E-state index in [0.29, 0.717) is 37.1 Å². The number of rotatable bonds is 8. The van der Waals surface area contributed by atoms with Gasteiger partial charge in [-0.15, -0.1) is 0 Å². The second kappa shape index (κ2) is 8.14. The van der Waals surface area contributed by atoms with Gasteiger partial charge in [-0.3, -0.25) is 13.9 Å². The number of aliphatic hydroxyl groups is 1. The van der Waals surface area contributed by atoms with Crippen LogP contribution in [0.4, 0.5) is 0 Å². The summed E-state index contributed by atoms with van der Waals surface area (Å²) in [6.07, 6.45) is 4.73. The maximum Gasteiger partial charge on any atom is 0.332 e. The summed E-state index contributed by atoms with van der Waals surface area (Å²) in [5.74, 6) is 0. The fourth-order valence-electron chi connectivity index (χ4n) is 3.42. The Morgan fingerprint density at radius 3 is 2.46 bits per heavy atom. The summed E-state index contributed by atoms with van der Waals surface area (Å²) in [4.78, 5) is 30.0. The van der Waals surface area contributed by atoms with Gasteiger partial charge in [0.1, 0.15) is 0 Å². The first-order chi connectivity index (χ1) is 13.3. The van der Waals surface area contributed by atoms with E-state index in [9.17, 15) is 14.7 Å². The van der Waals surface area contributed by atoms with Gasteiger partial charge >= 0.3 is 5.69 Å². The lowest BCUT2D eigenvalue weighted by Crippen LogP contribution is -2.39. The summed E-state index contributed by atoms with van der Waals surface area (Å²) < 4.78 is 4.54. The van der Waals surface area contributed by atoms with Crippen molar-refractivity contribution in [2.45, 2.75) is 58.2 Å². The van der Waals surface area contributed by atoms with Gasteiger partial charge in [-0.1, -0.05) is 43.2 Å². The van der Waals surface area contributed by atoms with Crippen molar-refractivity contribution in [3.63, 3.8) is 0 Å². The van der Waals surface area contributed by atoms with Gasteiger partial charge in [0.25, 0.3) is 5.56 Å². The predicted molar refractivity (Wildman–Crippen MR) is 110 cm³/mol. The molecule has 0 atom stereocenters. The number of hydrogen-bond donors (Lipinski definition) is 1. The van der Waals surface area contributed by atoms with Crippen LogP contribution in [0.15, 0.2) is 46.2 Å². The van der Waals surface area contributed by atoms with Crippen LogP contribution in [-0.2, 0) is 20.1 Å². The van der Waals surface area contributed by atoms with Crippen LogP contribution in [0.25, 0.3) is 11.2 Å². The highest BCUT2D eigenvalue weighted by atomic mass is 16.3. The molecule has 2 heterocycles. The van der Waals surface area contributed by atoms with Crippen molar-refractivity contribution in [1.82, 2.24) is 18.7 Å². The molecular weight excluding hydrogens is 356 g/mol. The number of aromatic nitrogens is 4. The van der Waals surface area contributed by atoms with Gasteiger partial charge in [-0.2, -0.15) is 0 Å². The first kappa shape index (κ1) is 20.1. The molecule has 28 heavy (non-hydrogen) atoms. The van der Waals surface area contributed by atoms with Crippen LogP contribution in [0.5, 0.6) is 0 Å². The molecule has 2 aromatic heterocycles. The van der Waals surface area contributed by atoms with E-state index >= 15 is 0 Å². The Hall–Kier alpha value is -2.67. The smallest absolute Gasteiger partial charge is 0.332 e. The van der Waals surface area contributed by atoms with Crippen molar-refractivity contribution >= 4 is 11.2 Å². The Morgan fingerprint density at radius 2 is 1.79 bits per heavy atom. The van der Waals surface area contributed by atoms with E-state index in [-0.39, 0.29) is 11.2 Å². The van der Waals surface area contributed by atoms with Crippen LogP contribution < -0.4 is 11.2 Å². The van der Waals surface area contributed by atoms with Crippen LogP contribution in [0.2, 0.25) is 0 Å². The van der Waals surface area contributed by atoms with E-state index < -0.39 is 5.60 Å². The molecule has 0 bridgehead atoms. The zero-order valence-electron chi connectivity index (χ0n) is 16.8. The molecule has 0 fully saturated rings. The van der Waals surface area contributed by atoms with E-state index in [1.54, 1.807) is 31.8 Å². The summed E-state index contributed by atoms with van der Waals surface area (Å²) in [5.41, 5.74) is 0.592. The lowest BCUT2D eigenvalue weighted by atomic mass is 10.0. The van der Waals surface area contributed by atoms with E-state index in [4.69, 9.17) is 0 Å². The largest absolute Gasteiger partial charge is 0.390 e. The number of fused-ring (bicyclic) bond motifs is 1. The number of imidazole rings is 1. The first-order valence-electron chi connectivity index (χ1n) is 9.69. The third-order valence-electron chi connectivity index (χ3n) is 4.97. The SMILES string of the molecule is Cn1c(=O)n(CCCCCC(C)(C)O)c(=O)c2c1ncn2Cc1ccccc1. The van der Waals surface area contributed by atoms with E-state index in [1.165, 1.54) is 9.13 Å². The molecule has 3 rings (SSSR count). The molecule has 0 aliphatic carbocycles. The van der Waals surface area contributed by atoms with Gasteiger partial charge in [-0.05, 0) is 32.3 Å². The highest BCUT2D eigenvalue weighted by Crippen LogP contribution is 2.13. The molecular formula is C21H28N4O3. The first-order valence-corrected chi connectivity index (χ1v) is 9.69. The lowest BCUT2D eigenvalue weighted by Gasteiger charge is -2.16. The monoisotopic (exact) mass is 384 g/mol. The highest BCUT2D eigenvalue weighted by molar-refractivity contribution is 5.70. The second-order valence-electron chi connectivity index (χ2n) is 7.95. The minimum absolute atomic E-state index is 0.297. The number of nitrogens with zero attached hydrogens (tertiary/aromatic N) is 4. The van der Waals surface area contributed by atoms with Crippen molar-refractivity contribution in [1.29, 1.82) is 0 Å². The quantitative estimate of drug-likeness (QED) is 0.604. The number of benzene rings is 1. The second-order valence-corrected chi connectivity index (χ2v) is 7.95. The molecule has 7 nitrogen and oxygen atoms in total. The molecule has 0 aliphatic rings. The van der Waals surface area contributed by atoms with Gasteiger partial charge in [0.05, 0.1) is 11.9 Å². The Labute approximate surface area is 163 Å². The van der Waals surface area contributed by atoms with Crippen LogP contribution in [-0.4, -0.2) is 29.4 Å². The van der Waals surface area contributed by atoms with Gasteiger partial charge in [0.15, 0.2) is 11.2 Å². The fraction of sp³-hybridized carbons (Fsp3) is 0.476. The predicted octanol–water partition coefficient (Wildman–Crippen LogP) is 2.28. The normalized spacial score (nSPS) is 12.0. The molecule has 3 aromatic rings. The van der Waals surface area contributed by atoms with Crippen molar-refractivity contribution < 1.29 is 5.11 Å². The van der Waals surface area contributed by atoms with Crippen LogP contribution in [0.1, 0.15) is 45.1 Å². The third kappa shape index (κ3) is 4.42. The molecule has 0 saturated heterocycles. The third-order valence-corrected chi connectivity index (χ3v) is 4.97. The molecule has 0 unspecified atom stereocenters. The zero-order chi connectivity index (χ0) is 20.3. The van der Waals surface area contributed by atoms with E-state index in [0.717, 1.165) is 18.4 Å². The van der Waals surface area contributed by atoms with E-state index in [2.05, 4.69) is 4.98 Å². The number of hydrogen-bond acceptors (Lipinski definition) is 4. The molecule has 0 spiro atoms. The molecule has 0 aliphatic heterocycles. The van der Waals surface area contributed by atoms with Gasteiger partial charge < -0.3 is 9.67 Å². The van der Waals surface area contributed by atoms with Crippen molar-refractivity contribution in [2.75, 3.05) is 0 Å². The minimum Gasteiger partial charge on any atom is -0.390 e. The number of unbranched alkanes of at least 4 members (excludes halogenated alkanes) is 2. The molecule has 1 N–H and O–H groups in total. The Balaban J connectivity index is 1.86. The van der Waals surface area contributed by atoms with Gasteiger partial charge in [0, 0.05) is 20.1 Å². The topological polar surface area (TPSA) is 82.0 Å². The molecule has 0 radical (unpaired) electrons. The highest BCUT2D eigenvalue weighted by Gasteiger charge is 2.16. The van der Waals surface area contributed by atoms with Crippen LogP contribution >= 0.6 is 0 Å². The maximum atomic E-state index is 13.0. The molecule has 150 valence electrons. The van der Waals surface area contributed by atoms with Crippen molar-refractivity contribution in [3.05, 3.63) is 63.1 Å². The van der Waals surface area contributed by atoms with Gasteiger partial charge in [0.2, 0.25) is 0 Å². The zero-order valence-corrected chi connectivity index (χ0v) is 16.8. The summed E-state index contributed by atoms with van der Waals surface area (Å²) in [5, 5.41) is 9.79. The van der Waals surface area contributed by atoms with Crippen molar-refractivity contribution in [3.8, 4) is 0 Å². The summed E-state index contributed by atoms with van der Waals surface area (Å²) in [6, 6.07) is 9.85.